The van der Waals surface area contributed by atoms with Crippen LogP contribution in [0.1, 0.15) is 57.9 Å². The van der Waals surface area contributed by atoms with Crippen molar-refractivity contribution in [3.63, 3.8) is 0 Å². The molecule has 16 heavy (non-hydrogen) atoms. The zero-order valence-electron chi connectivity index (χ0n) is 10.7. The van der Waals surface area contributed by atoms with Crippen LogP contribution in [0.3, 0.4) is 0 Å². The molecule has 1 N–H and O–H groups in total. The molecule has 1 nitrogen and oxygen atoms in total. The van der Waals surface area contributed by atoms with Gasteiger partial charge in [0.25, 0.3) is 0 Å². The average Bonchev–Trinajstić information content (AvgIpc) is 2.30. The lowest BCUT2D eigenvalue weighted by atomic mass is 9.82. The number of aromatic hydroxyl groups is 1. The first-order chi connectivity index (χ1) is 7.69. The van der Waals surface area contributed by atoms with Gasteiger partial charge in [-0.3, -0.25) is 0 Å². The third-order valence-electron chi connectivity index (χ3n) is 3.58. The molecule has 2 unspecified atom stereocenters. The molecule has 0 radical (unpaired) electrons. The minimum Gasteiger partial charge on any atom is -0.508 e. The molecule has 0 aliphatic carbocycles. The highest BCUT2D eigenvalue weighted by Crippen LogP contribution is 2.31. The molecule has 0 aliphatic rings. The summed E-state index contributed by atoms with van der Waals surface area (Å²) in [4.78, 5) is 0. The lowest BCUT2D eigenvalue weighted by Crippen LogP contribution is -2.09. The van der Waals surface area contributed by atoms with E-state index in [0.717, 1.165) is 5.92 Å². The molecule has 0 spiro atoms. The van der Waals surface area contributed by atoms with Gasteiger partial charge in [-0.15, -0.1) is 0 Å². The highest BCUT2D eigenvalue weighted by molar-refractivity contribution is 5.28. The Morgan fingerprint density at radius 3 is 2.25 bits per heavy atom. The van der Waals surface area contributed by atoms with E-state index in [1.54, 1.807) is 12.1 Å². The predicted molar refractivity (Wildman–Crippen MR) is 69.8 cm³/mol. The Morgan fingerprint density at radius 1 is 1.12 bits per heavy atom. The standard InChI is InChI=1S/C15H24O/c1-4-6-7-13(5-2)12(3)14-8-10-15(16)11-9-14/h8-13,16H,4-7H2,1-3H3. The van der Waals surface area contributed by atoms with Crippen LogP contribution in [0.5, 0.6) is 5.75 Å². The van der Waals surface area contributed by atoms with Crippen LogP contribution in [-0.2, 0) is 0 Å². The van der Waals surface area contributed by atoms with Crippen LogP contribution < -0.4 is 0 Å². The van der Waals surface area contributed by atoms with Gasteiger partial charge in [0.15, 0.2) is 0 Å². The molecule has 1 heteroatoms. The summed E-state index contributed by atoms with van der Waals surface area (Å²) in [7, 11) is 0. The molecular formula is C15H24O. The molecule has 2 atom stereocenters. The van der Waals surface area contributed by atoms with E-state index in [9.17, 15) is 5.11 Å². The number of phenols is 1. The van der Waals surface area contributed by atoms with Crippen LogP contribution in [0.15, 0.2) is 24.3 Å². The number of hydrogen-bond acceptors (Lipinski definition) is 1. The van der Waals surface area contributed by atoms with Crippen molar-refractivity contribution in [3.8, 4) is 5.75 Å². The largest absolute Gasteiger partial charge is 0.508 e. The Labute approximate surface area is 99.5 Å². The van der Waals surface area contributed by atoms with Gasteiger partial charge in [0.2, 0.25) is 0 Å². The van der Waals surface area contributed by atoms with Gasteiger partial charge in [-0.2, -0.15) is 0 Å². The van der Waals surface area contributed by atoms with Crippen molar-refractivity contribution in [2.24, 2.45) is 5.92 Å². The molecule has 0 heterocycles. The van der Waals surface area contributed by atoms with Crippen LogP contribution in [0.4, 0.5) is 0 Å². The molecule has 1 aromatic carbocycles. The number of phenolic OH excluding ortho intramolecular Hbond substituents is 1. The maximum Gasteiger partial charge on any atom is 0.115 e. The van der Waals surface area contributed by atoms with E-state index in [-0.39, 0.29) is 0 Å². The number of benzene rings is 1. The fourth-order valence-corrected chi connectivity index (χ4v) is 2.32. The van der Waals surface area contributed by atoms with Crippen molar-refractivity contribution in [1.29, 1.82) is 0 Å². The van der Waals surface area contributed by atoms with E-state index in [2.05, 4.69) is 32.9 Å². The molecule has 0 bridgehead atoms. The summed E-state index contributed by atoms with van der Waals surface area (Å²) >= 11 is 0. The normalized spacial score (nSPS) is 14.7. The number of rotatable bonds is 6. The Hall–Kier alpha value is -0.980. The maximum absolute atomic E-state index is 9.28. The summed E-state index contributed by atoms with van der Waals surface area (Å²) in [6, 6.07) is 7.68. The van der Waals surface area contributed by atoms with Crippen molar-refractivity contribution >= 4 is 0 Å². The number of hydrogen-bond donors (Lipinski definition) is 1. The predicted octanol–water partition coefficient (Wildman–Crippen LogP) is 4.71. The van der Waals surface area contributed by atoms with Gasteiger partial charge >= 0.3 is 0 Å². The van der Waals surface area contributed by atoms with Crippen LogP contribution in [-0.4, -0.2) is 5.11 Å². The van der Waals surface area contributed by atoms with Crippen molar-refractivity contribution in [1.82, 2.24) is 0 Å². The van der Waals surface area contributed by atoms with E-state index in [1.165, 1.54) is 31.2 Å². The number of unbranched alkanes of at least 4 members (excludes halogenated alkanes) is 1. The van der Waals surface area contributed by atoms with Gasteiger partial charge in [-0.05, 0) is 36.0 Å². The molecule has 1 rings (SSSR count). The van der Waals surface area contributed by atoms with Gasteiger partial charge in [0, 0.05) is 0 Å². The molecule has 0 fully saturated rings. The summed E-state index contributed by atoms with van der Waals surface area (Å²) in [6.45, 7) is 6.82. The topological polar surface area (TPSA) is 20.2 Å². The van der Waals surface area contributed by atoms with Gasteiger partial charge in [-0.25, -0.2) is 0 Å². The molecule has 0 aliphatic heterocycles. The Morgan fingerprint density at radius 2 is 1.75 bits per heavy atom. The molecule has 0 aromatic heterocycles. The molecule has 90 valence electrons. The van der Waals surface area contributed by atoms with Gasteiger partial charge < -0.3 is 5.11 Å². The van der Waals surface area contributed by atoms with Gasteiger partial charge in [0.05, 0.1) is 0 Å². The summed E-state index contributed by atoms with van der Waals surface area (Å²) in [5.74, 6) is 1.72. The zero-order chi connectivity index (χ0) is 12.0. The minimum absolute atomic E-state index is 0.359. The maximum atomic E-state index is 9.28. The fourth-order valence-electron chi connectivity index (χ4n) is 2.32. The first-order valence-corrected chi connectivity index (χ1v) is 6.48. The molecular weight excluding hydrogens is 196 g/mol. The molecule has 0 amide bonds. The second-order valence-electron chi connectivity index (χ2n) is 4.69. The van der Waals surface area contributed by atoms with Crippen molar-refractivity contribution in [2.45, 2.75) is 52.4 Å². The highest BCUT2D eigenvalue weighted by atomic mass is 16.3. The van der Waals surface area contributed by atoms with Gasteiger partial charge in [0.1, 0.15) is 5.75 Å². The van der Waals surface area contributed by atoms with E-state index in [1.807, 2.05) is 0 Å². The van der Waals surface area contributed by atoms with E-state index in [0.29, 0.717) is 11.7 Å². The molecule has 1 aromatic rings. The lowest BCUT2D eigenvalue weighted by molar-refractivity contribution is 0.389. The van der Waals surface area contributed by atoms with E-state index < -0.39 is 0 Å². The third-order valence-corrected chi connectivity index (χ3v) is 3.58. The Kier molecular flexibility index (Phi) is 5.37. The van der Waals surface area contributed by atoms with Crippen molar-refractivity contribution in [2.75, 3.05) is 0 Å². The van der Waals surface area contributed by atoms with Crippen LogP contribution in [0, 0.1) is 5.92 Å². The lowest BCUT2D eigenvalue weighted by Gasteiger charge is -2.23. The summed E-state index contributed by atoms with van der Waals surface area (Å²) in [5.41, 5.74) is 1.35. The van der Waals surface area contributed by atoms with Crippen LogP contribution in [0.2, 0.25) is 0 Å². The highest BCUT2D eigenvalue weighted by Gasteiger charge is 2.16. The second kappa shape index (κ2) is 6.57. The monoisotopic (exact) mass is 220 g/mol. The smallest absolute Gasteiger partial charge is 0.115 e. The first-order valence-electron chi connectivity index (χ1n) is 6.48. The Balaban J connectivity index is 2.66. The first kappa shape index (κ1) is 13.1. The van der Waals surface area contributed by atoms with Crippen molar-refractivity contribution in [3.05, 3.63) is 29.8 Å². The summed E-state index contributed by atoms with van der Waals surface area (Å²) in [5, 5.41) is 9.28. The Bertz CT molecular complexity index is 289. The summed E-state index contributed by atoms with van der Waals surface area (Å²) < 4.78 is 0. The van der Waals surface area contributed by atoms with Crippen molar-refractivity contribution < 1.29 is 5.11 Å². The third kappa shape index (κ3) is 3.55. The quantitative estimate of drug-likeness (QED) is 0.736. The van der Waals surface area contributed by atoms with Crippen LogP contribution >= 0.6 is 0 Å². The zero-order valence-corrected chi connectivity index (χ0v) is 10.7. The van der Waals surface area contributed by atoms with E-state index >= 15 is 0 Å². The molecule has 0 saturated carbocycles. The minimum atomic E-state index is 0.359. The fraction of sp³-hybridized carbons (Fsp3) is 0.600. The average molecular weight is 220 g/mol. The SMILES string of the molecule is CCCCC(CC)C(C)c1ccc(O)cc1. The van der Waals surface area contributed by atoms with Gasteiger partial charge in [-0.1, -0.05) is 52.2 Å². The van der Waals surface area contributed by atoms with Crippen LogP contribution in [0.25, 0.3) is 0 Å². The second-order valence-corrected chi connectivity index (χ2v) is 4.69. The van der Waals surface area contributed by atoms with E-state index in [4.69, 9.17) is 0 Å². The molecule has 0 saturated heterocycles. The summed E-state index contributed by atoms with van der Waals surface area (Å²) in [6.07, 6.45) is 5.15.